The molecule has 2 aromatic rings. The van der Waals surface area contributed by atoms with Crippen molar-refractivity contribution in [3.8, 4) is 22.6 Å². The molecule has 2 nitrogen and oxygen atoms in total. The zero-order valence-electron chi connectivity index (χ0n) is 15.1. The summed E-state index contributed by atoms with van der Waals surface area (Å²) in [5.74, 6) is 1.00. The van der Waals surface area contributed by atoms with Crippen molar-refractivity contribution in [1.82, 2.24) is 0 Å². The van der Waals surface area contributed by atoms with Crippen LogP contribution in [0.1, 0.15) is 51.4 Å². The SMILES string of the molecule is C=CCCCCCCCCCOc1ccc(-c2ccccc2)c(O)c1. The van der Waals surface area contributed by atoms with Crippen molar-refractivity contribution in [3.05, 3.63) is 61.2 Å². The van der Waals surface area contributed by atoms with Gasteiger partial charge in [-0.1, -0.05) is 68.5 Å². The first-order valence-electron chi connectivity index (χ1n) is 9.43. The number of aromatic hydroxyl groups is 1. The maximum atomic E-state index is 10.2. The van der Waals surface area contributed by atoms with Crippen LogP contribution in [0.15, 0.2) is 61.2 Å². The van der Waals surface area contributed by atoms with Crippen molar-refractivity contribution < 1.29 is 9.84 Å². The van der Waals surface area contributed by atoms with Crippen LogP contribution in [0.25, 0.3) is 11.1 Å². The molecule has 25 heavy (non-hydrogen) atoms. The van der Waals surface area contributed by atoms with Gasteiger partial charge < -0.3 is 9.84 Å². The van der Waals surface area contributed by atoms with E-state index in [1.165, 1.54) is 38.5 Å². The lowest BCUT2D eigenvalue weighted by Gasteiger charge is -2.09. The van der Waals surface area contributed by atoms with Crippen LogP contribution in [-0.4, -0.2) is 11.7 Å². The third-order valence-electron chi connectivity index (χ3n) is 4.38. The van der Waals surface area contributed by atoms with Gasteiger partial charge in [-0.2, -0.15) is 0 Å². The minimum Gasteiger partial charge on any atom is -0.507 e. The van der Waals surface area contributed by atoms with Gasteiger partial charge >= 0.3 is 0 Å². The summed E-state index contributed by atoms with van der Waals surface area (Å²) in [6, 6.07) is 15.5. The molecule has 0 aliphatic heterocycles. The number of ether oxygens (including phenoxy) is 1. The maximum absolute atomic E-state index is 10.2. The number of unbranched alkanes of at least 4 members (excludes halogenated alkanes) is 7. The van der Waals surface area contributed by atoms with E-state index in [1.54, 1.807) is 6.07 Å². The van der Waals surface area contributed by atoms with E-state index < -0.39 is 0 Å². The maximum Gasteiger partial charge on any atom is 0.127 e. The molecule has 0 aliphatic carbocycles. The van der Waals surface area contributed by atoms with E-state index in [0.29, 0.717) is 6.61 Å². The van der Waals surface area contributed by atoms with Gasteiger partial charge in [0.15, 0.2) is 0 Å². The number of phenols is 1. The zero-order chi connectivity index (χ0) is 17.7. The van der Waals surface area contributed by atoms with Crippen molar-refractivity contribution in [2.75, 3.05) is 6.61 Å². The summed E-state index contributed by atoms with van der Waals surface area (Å²) in [4.78, 5) is 0. The molecule has 0 spiro atoms. The Morgan fingerprint density at radius 3 is 2.20 bits per heavy atom. The quantitative estimate of drug-likeness (QED) is 0.343. The van der Waals surface area contributed by atoms with Crippen molar-refractivity contribution in [2.24, 2.45) is 0 Å². The van der Waals surface area contributed by atoms with E-state index in [4.69, 9.17) is 4.74 Å². The summed E-state index contributed by atoms with van der Waals surface area (Å²) >= 11 is 0. The predicted molar refractivity (Wildman–Crippen MR) is 106 cm³/mol. The Labute approximate surface area is 152 Å². The first-order valence-corrected chi connectivity index (χ1v) is 9.43. The van der Waals surface area contributed by atoms with Gasteiger partial charge in [0.1, 0.15) is 11.5 Å². The summed E-state index contributed by atoms with van der Waals surface area (Å²) in [7, 11) is 0. The van der Waals surface area contributed by atoms with Crippen molar-refractivity contribution in [3.63, 3.8) is 0 Å². The van der Waals surface area contributed by atoms with Crippen molar-refractivity contribution in [2.45, 2.75) is 51.4 Å². The second-order valence-corrected chi connectivity index (χ2v) is 6.45. The van der Waals surface area contributed by atoms with Crippen LogP contribution >= 0.6 is 0 Å². The highest BCUT2D eigenvalue weighted by Crippen LogP contribution is 2.32. The summed E-state index contributed by atoms with van der Waals surface area (Å²) < 4.78 is 5.77. The van der Waals surface area contributed by atoms with Gasteiger partial charge in [-0.3, -0.25) is 0 Å². The van der Waals surface area contributed by atoms with Crippen molar-refractivity contribution in [1.29, 1.82) is 0 Å². The Kier molecular flexibility index (Phi) is 8.68. The Balaban J connectivity index is 1.63. The molecule has 0 saturated heterocycles. The third kappa shape index (κ3) is 7.04. The lowest BCUT2D eigenvalue weighted by molar-refractivity contribution is 0.303. The van der Waals surface area contributed by atoms with Crippen molar-refractivity contribution >= 4 is 0 Å². The standard InChI is InChI=1S/C23H30O2/c1-2-3-4-5-6-7-8-9-13-18-25-21-16-17-22(23(24)19-21)20-14-11-10-12-15-20/h2,10-12,14-17,19,24H,1,3-9,13,18H2. The zero-order valence-corrected chi connectivity index (χ0v) is 15.1. The summed E-state index contributed by atoms with van der Waals surface area (Å²) in [6.45, 7) is 4.46. The smallest absolute Gasteiger partial charge is 0.127 e. The van der Waals surface area contributed by atoms with Gasteiger partial charge in [0.25, 0.3) is 0 Å². The molecule has 0 amide bonds. The minimum atomic E-state index is 0.267. The van der Waals surface area contributed by atoms with Gasteiger partial charge in [-0.15, -0.1) is 6.58 Å². The van der Waals surface area contributed by atoms with Crippen LogP contribution in [0.4, 0.5) is 0 Å². The Morgan fingerprint density at radius 1 is 0.840 bits per heavy atom. The number of hydrogen-bond donors (Lipinski definition) is 1. The topological polar surface area (TPSA) is 29.5 Å². The van der Waals surface area contributed by atoms with Crippen LogP contribution in [0.2, 0.25) is 0 Å². The highest BCUT2D eigenvalue weighted by Gasteiger charge is 2.05. The number of phenolic OH excluding ortho intramolecular Hbond substituents is 1. The van der Waals surface area contributed by atoms with Crippen LogP contribution in [0.3, 0.4) is 0 Å². The molecule has 0 fully saturated rings. The van der Waals surface area contributed by atoms with Crippen LogP contribution in [0.5, 0.6) is 11.5 Å². The molecule has 0 atom stereocenters. The van der Waals surface area contributed by atoms with Crippen LogP contribution in [-0.2, 0) is 0 Å². The van der Waals surface area contributed by atoms with E-state index in [2.05, 4.69) is 6.58 Å². The molecule has 2 heteroatoms. The Hall–Kier alpha value is -2.22. The minimum absolute atomic E-state index is 0.267. The highest BCUT2D eigenvalue weighted by molar-refractivity contribution is 5.70. The summed E-state index contributed by atoms with van der Waals surface area (Å²) in [6.07, 6.45) is 11.9. The predicted octanol–water partition coefficient (Wildman–Crippen LogP) is 6.74. The van der Waals surface area contributed by atoms with Gasteiger partial charge in [0.2, 0.25) is 0 Å². The molecule has 0 aromatic heterocycles. The Morgan fingerprint density at radius 2 is 1.52 bits per heavy atom. The van der Waals surface area contributed by atoms with Gasteiger partial charge in [-0.25, -0.2) is 0 Å². The van der Waals surface area contributed by atoms with E-state index >= 15 is 0 Å². The first-order chi connectivity index (χ1) is 12.3. The molecular formula is C23H30O2. The van der Waals surface area contributed by atoms with Crippen LogP contribution < -0.4 is 4.74 Å². The molecule has 0 heterocycles. The van der Waals surface area contributed by atoms with Crippen LogP contribution in [0, 0.1) is 0 Å². The third-order valence-corrected chi connectivity index (χ3v) is 4.38. The number of rotatable bonds is 12. The molecule has 0 bridgehead atoms. The monoisotopic (exact) mass is 338 g/mol. The van der Waals surface area contributed by atoms with Gasteiger partial charge in [0, 0.05) is 11.6 Å². The molecule has 2 rings (SSSR count). The first kappa shape index (κ1) is 19.1. The van der Waals surface area contributed by atoms with E-state index in [-0.39, 0.29) is 5.75 Å². The van der Waals surface area contributed by atoms with Gasteiger partial charge in [0.05, 0.1) is 6.61 Å². The molecule has 2 aromatic carbocycles. The number of benzene rings is 2. The normalized spacial score (nSPS) is 10.6. The molecule has 0 unspecified atom stereocenters. The van der Waals surface area contributed by atoms with E-state index in [9.17, 15) is 5.11 Å². The molecule has 1 N–H and O–H groups in total. The van der Waals surface area contributed by atoms with Gasteiger partial charge in [-0.05, 0) is 37.0 Å². The summed E-state index contributed by atoms with van der Waals surface area (Å²) in [5.41, 5.74) is 1.85. The lowest BCUT2D eigenvalue weighted by Crippen LogP contribution is -1.97. The molecule has 0 aliphatic rings. The number of allylic oxidation sites excluding steroid dienone is 1. The number of hydrogen-bond acceptors (Lipinski definition) is 2. The largest absolute Gasteiger partial charge is 0.507 e. The Bertz CT molecular complexity index is 619. The fourth-order valence-corrected chi connectivity index (χ4v) is 2.93. The highest BCUT2D eigenvalue weighted by atomic mass is 16.5. The summed E-state index contributed by atoms with van der Waals surface area (Å²) in [5, 5.41) is 10.2. The van der Waals surface area contributed by atoms with E-state index in [1.807, 2.05) is 48.5 Å². The molecule has 0 radical (unpaired) electrons. The fraction of sp³-hybridized carbons (Fsp3) is 0.391. The average Bonchev–Trinajstić information content (AvgIpc) is 2.64. The lowest BCUT2D eigenvalue weighted by atomic mass is 10.0. The average molecular weight is 338 g/mol. The second-order valence-electron chi connectivity index (χ2n) is 6.45. The van der Waals surface area contributed by atoms with E-state index in [0.717, 1.165) is 29.7 Å². The molecule has 0 saturated carbocycles. The molecule has 134 valence electrons. The second kappa shape index (κ2) is 11.4. The fourth-order valence-electron chi connectivity index (χ4n) is 2.93. The molecular weight excluding hydrogens is 308 g/mol.